The molecule has 10 nitrogen and oxygen atoms in total. The van der Waals surface area contributed by atoms with E-state index in [2.05, 4.69) is 39.9 Å². The number of amides is 1. The van der Waals surface area contributed by atoms with Crippen molar-refractivity contribution in [2.24, 2.45) is 7.05 Å². The third-order valence-electron chi connectivity index (χ3n) is 9.29. The third-order valence-corrected chi connectivity index (χ3v) is 9.29. The number of allylic oxidation sites excluding steroid dienone is 1. The number of anilines is 2. The van der Waals surface area contributed by atoms with Crippen LogP contribution in [-0.4, -0.2) is 83.6 Å². The maximum absolute atomic E-state index is 15.9. The van der Waals surface area contributed by atoms with Crippen molar-refractivity contribution in [1.29, 1.82) is 5.41 Å². The molecule has 0 bridgehead atoms. The van der Waals surface area contributed by atoms with Gasteiger partial charge < -0.3 is 25.3 Å². The predicted molar refractivity (Wildman–Crippen MR) is 205 cm³/mol. The Morgan fingerprint density at radius 3 is 2.57 bits per heavy atom. The van der Waals surface area contributed by atoms with Crippen LogP contribution in [0, 0.1) is 11.2 Å². The fraction of sp³-hybridized carbons (Fsp3) is 0.425. The molecule has 0 aliphatic carbocycles. The molecular formula is C40H52FN7O3. The Hall–Kier alpha value is -4.74. The second-order valence-corrected chi connectivity index (χ2v) is 14.0. The number of benzene rings is 1. The van der Waals surface area contributed by atoms with Crippen LogP contribution < -0.4 is 10.9 Å². The molecule has 0 radical (unpaired) electrons. The molecule has 0 atom stereocenters. The summed E-state index contributed by atoms with van der Waals surface area (Å²) in [4.78, 5) is 33.0. The van der Waals surface area contributed by atoms with Gasteiger partial charge >= 0.3 is 0 Å². The first kappa shape index (κ1) is 39.1. The Morgan fingerprint density at radius 2 is 1.96 bits per heavy atom. The quantitative estimate of drug-likeness (QED) is 0.0732. The van der Waals surface area contributed by atoms with Crippen molar-refractivity contribution in [3.05, 3.63) is 98.9 Å². The van der Waals surface area contributed by atoms with Gasteiger partial charge in [-0.25, -0.2) is 14.1 Å². The smallest absolute Gasteiger partial charge is 0.290 e. The first-order valence-corrected chi connectivity index (χ1v) is 17.5. The van der Waals surface area contributed by atoms with E-state index < -0.39 is 5.82 Å². The Bertz CT molecular complexity index is 1800. The summed E-state index contributed by atoms with van der Waals surface area (Å²) in [7, 11) is 3.25. The summed E-state index contributed by atoms with van der Waals surface area (Å²) in [5.41, 5.74) is 3.96. The zero-order chi connectivity index (χ0) is 37.1. The second-order valence-electron chi connectivity index (χ2n) is 14.0. The van der Waals surface area contributed by atoms with Crippen molar-refractivity contribution in [2.75, 3.05) is 51.8 Å². The van der Waals surface area contributed by atoms with Gasteiger partial charge in [-0.05, 0) is 103 Å². The lowest BCUT2D eigenvalue weighted by atomic mass is 9.84. The maximum Gasteiger partial charge on any atom is 0.290 e. The molecule has 3 heterocycles. The first-order valence-electron chi connectivity index (χ1n) is 17.5. The minimum atomic E-state index is -0.419. The molecule has 1 aliphatic rings. The zero-order valence-corrected chi connectivity index (χ0v) is 30.8. The van der Waals surface area contributed by atoms with Gasteiger partial charge in [-0.3, -0.25) is 9.59 Å². The molecule has 0 saturated carbocycles. The van der Waals surface area contributed by atoms with E-state index in [4.69, 9.17) is 10.1 Å². The van der Waals surface area contributed by atoms with Gasteiger partial charge in [0.25, 0.3) is 5.56 Å². The highest BCUT2D eigenvalue weighted by Crippen LogP contribution is 2.32. The lowest BCUT2D eigenvalue weighted by Crippen LogP contribution is -2.32. The summed E-state index contributed by atoms with van der Waals surface area (Å²) in [6.07, 6.45) is 11.4. The van der Waals surface area contributed by atoms with Gasteiger partial charge in [-0.2, -0.15) is 5.10 Å². The van der Waals surface area contributed by atoms with Crippen molar-refractivity contribution >= 4 is 41.9 Å². The van der Waals surface area contributed by atoms with Crippen LogP contribution in [0.4, 0.5) is 15.9 Å². The van der Waals surface area contributed by atoms with Gasteiger partial charge in [0.2, 0.25) is 6.41 Å². The highest BCUT2D eigenvalue weighted by Gasteiger charge is 2.22. The standard InChI is InChI=1S/C40H52FN7O3/c1-8-28-21-32(40(3,4)5)23-35(41)34(28)22-31(26-51-20-10-17-46(6)27-49)33(13-16-42)36-24-37(39(50)47(7)45-36)44-38-12-11-30(25-43-38)29-14-18-48(9-2)19-15-29/h8,11-13,16,21-25,27,29,42H,1,9-10,14-15,17-20,26H2,2-7H3,(H,43,44)/b31-22+,33-13+,42-16?. The van der Waals surface area contributed by atoms with Crippen molar-refractivity contribution in [3.8, 4) is 0 Å². The monoisotopic (exact) mass is 697 g/mol. The lowest BCUT2D eigenvalue weighted by Gasteiger charge is -2.31. The zero-order valence-electron chi connectivity index (χ0n) is 30.8. The van der Waals surface area contributed by atoms with Crippen LogP contribution in [0.3, 0.4) is 0 Å². The molecule has 4 rings (SSSR count). The van der Waals surface area contributed by atoms with E-state index in [0.29, 0.717) is 59.3 Å². The van der Waals surface area contributed by atoms with Crippen molar-refractivity contribution in [1.82, 2.24) is 24.6 Å². The van der Waals surface area contributed by atoms with Crippen LogP contribution in [0.15, 0.2) is 59.6 Å². The van der Waals surface area contributed by atoms with Crippen LogP contribution >= 0.6 is 0 Å². The van der Waals surface area contributed by atoms with E-state index in [1.807, 2.05) is 39.1 Å². The summed E-state index contributed by atoms with van der Waals surface area (Å²) >= 11 is 0. The van der Waals surface area contributed by atoms with Crippen LogP contribution in [0.5, 0.6) is 0 Å². The molecule has 51 heavy (non-hydrogen) atoms. The summed E-state index contributed by atoms with van der Waals surface area (Å²) in [6, 6.07) is 9.03. The molecule has 1 amide bonds. The number of piperidine rings is 1. The van der Waals surface area contributed by atoms with Gasteiger partial charge in [0.1, 0.15) is 17.3 Å². The lowest BCUT2D eigenvalue weighted by molar-refractivity contribution is -0.117. The molecule has 272 valence electrons. The minimum absolute atomic E-state index is 0.0506. The van der Waals surface area contributed by atoms with Gasteiger partial charge in [0.15, 0.2) is 0 Å². The van der Waals surface area contributed by atoms with Crippen LogP contribution in [0.2, 0.25) is 0 Å². The SMILES string of the molecule is C=Cc1cc(C(C)(C)C)cc(F)c1/C=C(COCCCN(C)C=O)/C(=C\C=N)c1cc(Nc2ccc(C3CCN(CC)CC3)cn2)c(=O)n(C)n1. The largest absolute Gasteiger partial charge is 0.377 e. The second kappa shape index (κ2) is 18.0. The highest BCUT2D eigenvalue weighted by atomic mass is 19.1. The number of nitrogens with one attached hydrogen (secondary N) is 2. The average Bonchev–Trinajstić information content (AvgIpc) is 3.12. The molecular weight excluding hydrogens is 645 g/mol. The fourth-order valence-electron chi connectivity index (χ4n) is 6.13. The number of carbonyl (C=O) groups excluding carboxylic acids is 1. The number of aromatic nitrogens is 3. The molecule has 3 aromatic rings. The Balaban J connectivity index is 1.71. The number of carbonyl (C=O) groups is 1. The molecule has 1 aliphatic heterocycles. The minimum Gasteiger partial charge on any atom is -0.377 e. The first-order chi connectivity index (χ1) is 24.4. The van der Waals surface area contributed by atoms with Gasteiger partial charge in [0.05, 0.1) is 12.3 Å². The fourth-order valence-corrected chi connectivity index (χ4v) is 6.13. The number of likely N-dealkylation sites (tertiary alicyclic amines) is 1. The number of ether oxygens (including phenoxy) is 1. The number of nitrogens with zero attached hydrogens (tertiary/aromatic N) is 5. The Kier molecular flexibility index (Phi) is 13.8. The highest BCUT2D eigenvalue weighted by molar-refractivity contribution is 5.93. The summed E-state index contributed by atoms with van der Waals surface area (Å²) in [5, 5.41) is 15.7. The number of halogens is 1. The summed E-state index contributed by atoms with van der Waals surface area (Å²) in [5.74, 6) is 0.559. The normalized spacial score (nSPS) is 14.7. The van der Waals surface area contributed by atoms with E-state index in [1.165, 1.54) is 21.2 Å². The number of hydrogen-bond acceptors (Lipinski definition) is 8. The van der Waals surface area contributed by atoms with Crippen molar-refractivity contribution in [3.63, 3.8) is 0 Å². The molecule has 2 N–H and O–H groups in total. The summed E-state index contributed by atoms with van der Waals surface area (Å²) in [6.45, 7) is 16.3. The van der Waals surface area contributed by atoms with Crippen LogP contribution in [0.1, 0.15) is 80.8 Å². The molecule has 1 aromatic carbocycles. The van der Waals surface area contributed by atoms with Crippen LogP contribution in [-0.2, 0) is 22.0 Å². The van der Waals surface area contributed by atoms with Crippen LogP contribution in [0.25, 0.3) is 17.7 Å². The van der Waals surface area contributed by atoms with Crippen molar-refractivity contribution < 1.29 is 13.9 Å². The molecule has 0 unspecified atom stereocenters. The Labute approximate surface area is 301 Å². The van der Waals surface area contributed by atoms with E-state index in [1.54, 1.807) is 38.4 Å². The molecule has 0 spiro atoms. The number of hydrogen-bond donors (Lipinski definition) is 2. The Morgan fingerprint density at radius 1 is 1.22 bits per heavy atom. The number of aryl methyl sites for hydroxylation is 1. The van der Waals surface area contributed by atoms with Gasteiger partial charge in [-0.15, -0.1) is 0 Å². The predicted octanol–water partition coefficient (Wildman–Crippen LogP) is 6.81. The molecule has 1 saturated heterocycles. The topological polar surface area (TPSA) is 116 Å². The number of rotatable bonds is 16. The van der Waals surface area contributed by atoms with E-state index >= 15 is 4.39 Å². The van der Waals surface area contributed by atoms with Crippen molar-refractivity contribution in [2.45, 2.75) is 58.3 Å². The molecule has 11 heteroatoms. The number of pyridine rings is 1. The average molecular weight is 698 g/mol. The van der Waals surface area contributed by atoms with Gasteiger partial charge in [-0.1, -0.05) is 52.5 Å². The maximum atomic E-state index is 15.9. The summed E-state index contributed by atoms with van der Waals surface area (Å²) < 4.78 is 23.2. The molecule has 1 fully saturated rings. The van der Waals surface area contributed by atoms with E-state index in [0.717, 1.165) is 50.7 Å². The van der Waals surface area contributed by atoms with Gasteiger partial charge in [0, 0.05) is 50.8 Å². The van der Waals surface area contributed by atoms with E-state index in [-0.39, 0.29) is 23.3 Å². The van der Waals surface area contributed by atoms with E-state index in [9.17, 15) is 9.59 Å². The molecule has 2 aromatic heterocycles. The third kappa shape index (κ3) is 10.4.